The quantitative estimate of drug-likeness (QED) is 0.397. The summed E-state index contributed by atoms with van der Waals surface area (Å²) >= 11 is 7.03. The third-order valence-corrected chi connectivity index (χ3v) is 5.81. The van der Waals surface area contributed by atoms with Crippen LogP contribution in [-0.4, -0.2) is 18.2 Å². The minimum atomic E-state index is -0.381. The molecule has 0 aliphatic rings. The van der Waals surface area contributed by atoms with Gasteiger partial charge < -0.3 is 15.4 Å². The number of anilines is 2. The van der Waals surface area contributed by atoms with Crippen molar-refractivity contribution in [2.24, 2.45) is 0 Å². The number of benzene rings is 2. The summed E-state index contributed by atoms with van der Waals surface area (Å²) in [5.41, 5.74) is 6.11. The van der Waals surface area contributed by atoms with E-state index < -0.39 is 0 Å². The van der Waals surface area contributed by atoms with Crippen LogP contribution >= 0.6 is 23.6 Å². The van der Waals surface area contributed by atoms with E-state index in [1.807, 2.05) is 38.1 Å². The van der Waals surface area contributed by atoms with Crippen LogP contribution < -0.4 is 10.6 Å². The van der Waals surface area contributed by atoms with Crippen molar-refractivity contribution in [1.29, 1.82) is 0 Å². The van der Waals surface area contributed by atoms with Crippen molar-refractivity contribution in [1.82, 2.24) is 0 Å². The summed E-state index contributed by atoms with van der Waals surface area (Å²) < 4.78 is 4.96. The van der Waals surface area contributed by atoms with Gasteiger partial charge in [-0.1, -0.05) is 48.0 Å². The molecule has 0 spiro atoms. The number of hydrogen-bond donors (Lipinski definition) is 2. The number of rotatable bonds is 5. The lowest BCUT2D eigenvalue weighted by atomic mass is 10.1. The number of ether oxygens (including phenoxy) is 1. The number of hydrogen-bond acceptors (Lipinski definition) is 4. The SMILES string of the molecule is COC(=O)c1cc(Cc2ccccc2)sc1NC(=S)Nc1c(C)cc(C)cc1C. The molecule has 3 aromatic rings. The second kappa shape index (κ2) is 9.20. The molecule has 0 atom stereocenters. The molecule has 0 radical (unpaired) electrons. The molecule has 150 valence electrons. The molecule has 2 aromatic carbocycles. The summed E-state index contributed by atoms with van der Waals surface area (Å²) in [6.45, 7) is 6.17. The summed E-state index contributed by atoms with van der Waals surface area (Å²) in [6, 6.07) is 16.2. The van der Waals surface area contributed by atoms with Gasteiger partial charge in [0.2, 0.25) is 0 Å². The predicted molar refractivity (Wildman–Crippen MR) is 125 cm³/mol. The van der Waals surface area contributed by atoms with E-state index in [0.717, 1.165) is 28.1 Å². The summed E-state index contributed by atoms with van der Waals surface area (Å²) in [4.78, 5) is 13.3. The van der Waals surface area contributed by atoms with Crippen LogP contribution in [0.3, 0.4) is 0 Å². The van der Waals surface area contributed by atoms with E-state index in [9.17, 15) is 4.79 Å². The van der Waals surface area contributed by atoms with Crippen LogP contribution in [0.2, 0.25) is 0 Å². The molecule has 6 heteroatoms. The molecular weight excluding hydrogens is 400 g/mol. The Morgan fingerprint density at radius 3 is 2.31 bits per heavy atom. The van der Waals surface area contributed by atoms with E-state index in [-0.39, 0.29) is 5.97 Å². The molecular formula is C23H24N2O2S2. The molecule has 4 nitrogen and oxygen atoms in total. The number of esters is 1. The first kappa shape index (κ1) is 21.0. The van der Waals surface area contributed by atoms with E-state index in [2.05, 4.69) is 41.8 Å². The zero-order chi connectivity index (χ0) is 21.0. The zero-order valence-electron chi connectivity index (χ0n) is 17.0. The highest BCUT2D eigenvalue weighted by atomic mass is 32.1. The van der Waals surface area contributed by atoms with E-state index in [0.29, 0.717) is 15.7 Å². The van der Waals surface area contributed by atoms with E-state index in [1.54, 1.807) is 0 Å². The van der Waals surface area contributed by atoms with Gasteiger partial charge >= 0.3 is 5.97 Å². The van der Waals surface area contributed by atoms with Crippen molar-refractivity contribution in [3.05, 3.63) is 81.2 Å². The van der Waals surface area contributed by atoms with Crippen molar-refractivity contribution in [2.75, 3.05) is 17.7 Å². The fraction of sp³-hybridized carbons (Fsp3) is 0.217. The van der Waals surface area contributed by atoms with Crippen molar-refractivity contribution < 1.29 is 9.53 Å². The summed E-state index contributed by atoms with van der Waals surface area (Å²) in [6.07, 6.45) is 0.744. The Morgan fingerprint density at radius 2 is 1.69 bits per heavy atom. The van der Waals surface area contributed by atoms with Gasteiger partial charge in [0, 0.05) is 17.0 Å². The average Bonchev–Trinajstić information content (AvgIpc) is 3.06. The fourth-order valence-corrected chi connectivity index (χ4v) is 4.66. The Labute approximate surface area is 180 Å². The minimum absolute atomic E-state index is 0.381. The molecule has 0 aliphatic carbocycles. The summed E-state index contributed by atoms with van der Waals surface area (Å²) in [7, 11) is 1.39. The third-order valence-electron chi connectivity index (χ3n) is 4.55. The van der Waals surface area contributed by atoms with Gasteiger partial charge in [0.05, 0.1) is 12.7 Å². The third kappa shape index (κ3) is 5.22. The van der Waals surface area contributed by atoms with Crippen molar-refractivity contribution >= 4 is 45.3 Å². The first-order valence-corrected chi connectivity index (χ1v) is 10.5. The Hall–Kier alpha value is -2.70. The molecule has 0 unspecified atom stereocenters. The van der Waals surface area contributed by atoms with Crippen LogP contribution in [0.15, 0.2) is 48.5 Å². The maximum Gasteiger partial charge on any atom is 0.340 e. The Balaban J connectivity index is 1.82. The van der Waals surface area contributed by atoms with Crippen LogP contribution in [-0.2, 0) is 11.2 Å². The second-order valence-electron chi connectivity index (χ2n) is 6.96. The van der Waals surface area contributed by atoms with Gasteiger partial charge in [-0.2, -0.15) is 0 Å². The normalized spacial score (nSPS) is 10.5. The number of methoxy groups -OCH3 is 1. The average molecular weight is 425 g/mol. The van der Waals surface area contributed by atoms with Crippen LogP contribution in [0.4, 0.5) is 10.7 Å². The maximum atomic E-state index is 12.3. The first-order valence-electron chi connectivity index (χ1n) is 9.28. The number of carbonyl (C=O) groups excluding carboxylic acids is 1. The topological polar surface area (TPSA) is 50.4 Å². The lowest BCUT2D eigenvalue weighted by Gasteiger charge is -2.15. The molecule has 0 aliphatic heterocycles. The molecule has 3 rings (SSSR count). The Morgan fingerprint density at radius 1 is 1.03 bits per heavy atom. The highest BCUT2D eigenvalue weighted by Crippen LogP contribution is 2.31. The highest BCUT2D eigenvalue weighted by Gasteiger charge is 2.18. The van der Waals surface area contributed by atoms with E-state index >= 15 is 0 Å². The van der Waals surface area contributed by atoms with Gasteiger partial charge in [0.15, 0.2) is 5.11 Å². The second-order valence-corrected chi connectivity index (χ2v) is 8.51. The molecule has 0 bridgehead atoms. The molecule has 0 saturated carbocycles. The van der Waals surface area contributed by atoms with E-state index in [1.165, 1.54) is 29.6 Å². The first-order chi connectivity index (χ1) is 13.9. The monoisotopic (exact) mass is 424 g/mol. The van der Waals surface area contributed by atoms with E-state index in [4.69, 9.17) is 17.0 Å². The largest absolute Gasteiger partial charge is 0.465 e. The smallest absolute Gasteiger partial charge is 0.340 e. The standard InChI is InChI=1S/C23H24N2O2S2/c1-14-10-15(2)20(16(3)11-14)24-23(28)25-21-19(22(26)27-4)13-18(29-21)12-17-8-6-5-7-9-17/h5-11,13H,12H2,1-4H3,(H2,24,25,28). The van der Waals surface area contributed by atoms with Gasteiger partial charge in [-0.15, -0.1) is 11.3 Å². The van der Waals surface area contributed by atoms with Gasteiger partial charge in [-0.05, 0) is 55.7 Å². The fourth-order valence-electron chi connectivity index (χ4n) is 3.31. The molecule has 0 amide bonds. The Bertz CT molecular complexity index is 1020. The van der Waals surface area contributed by atoms with Crippen LogP contribution in [0.1, 0.15) is 37.5 Å². The number of nitrogens with one attached hydrogen (secondary N) is 2. The van der Waals surface area contributed by atoms with Crippen molar-refractivity contribution in [2.45, 2.75) is 27.2 Å². The summed E-state index contributed by atoms with van der Waals surface area (Å²) in [5.74, 6) is -0.381. The highest BCUT2D eigenvalue weighted by molar-refractivity contribution is 7.80. The van der Waals surface area contributed by atoms with Crippen LogP contribution in [0.5, 0.6) is 0 Å². The predicted octanol–water partition coefficient (Wildman–Crippen LogP) is 5.86. The maximum absolute atomic E-state index is 12.3. The Kier molecular flexibility index (Phi) is 6.67. The van der Waals surface area contributed by atoms with Crippen molar-refractivity contribution in [3.63, 3.8) is 0 Å². The number of aryl methyl sites for hydroxylation is 3. The van der Waals surface area contributed by atoms with Crippen LogP contribution in [0.25, 0.3) is 0 Å². The lowest BCUT2D eigenvalue weighted by Crippen LogP contribution is -2.21. The molecule has 1 aromatic heterocycles. The number of carbonyl (C=O) groups is 1. The van der Waals surface area contributed by atoms with Crippen molar-refractivity contribution in [3.8, 4) is 0 Å². The molecule has 2 N–H and O–H groups in total. The van der Waals surface area contributed by atoms with Gasteiger partial charge in [0.1, 0.15) is 5.00 Å². The molecule has 0 saturated heterocycles. The zero-order valence-corrected chi connectivity index (χ0v) is 18.6. The minimum Gasteiger partial charge on any atom is -0.465 e. The van der Waals surface area contributed by atoms with Gasteiger partial charge in [-0.25, -0.2) is 4.79 Å². The van der Waals surface area contributed by atoms with Crippen LogP contribution in [0, 0.1) is 20.8 Å². The number of thiophene rings is 1. The molecule has 29 heavy (non-hydrogen) atoms. The summed E-state index contributed by atoms with van der Waals surface area (Å²) in [5, 5.41) is 7.59. The lowest BCUT2D eigenvalue weighted by molar-refractivity contribution is 0.0602. The molecule has 1 heterocycles. The molecule has 0 fully saturated rings. The van der Waals surface area contributed by atoms with Gasteiger partial charge in [-0.3, -0.25) is 0 Å². The van der Waals surface area contributed by atoms with Gasteiger partial charge in [0.25, 0.3) is 0 Å². The number of thiocarbonyl (C=S) groups is 1.